The highest BCUT2D eigenvalue weighted by Crippen LogP contribution is 2.44. The van der Waals surface area contributed by atoms with Crippen LogP contribution in [0.15, 0.2) is 18.3 Å². The zero-order valence-corrected chi connectivity index (χ0v) is 14.4. The highest BCUT2D eigenvalue weighted by Gasteiger charge is 2.54. The van der Waals surface area contributed by atoms with Crippen molar-refractivity contribution in [2.75, 3.05) is 31.1 Å². The molecule has 0 aromatic carbocycles. The third kappa shape index (κ3) is 2.68. The van der Waals surface area contributed by atoms with Crippen molar-refractivity contribution < 1.29 is 0 Å². The minimum absolute atomic E-state index is 0.183. The fraction of sp³-hybridized carbons (Fsp3) is 0.722. The van der Waals surface area contributed by atoms with Crippen LogP contribution in [0.5, 0.6) is 0 Å². The molecule has 0 radical (unpaired) electrons. The predicted molar refractivity (Wildman–Crippen MR) is 88.9 cm³/mol. The molecule has 1 spiro atoms. The van der Waals surface area contributed by atoms with Crippen LogP contribution in [0.25, 0.3) is 0 Å². The Hall–Kier alpha value is -1.09. The van der Waals surface area contributed by atoms with Gasteiger partial charge < -0.3 is 4.90 Å². The molecule has 2 aliphatic rings. The SMILES string of the molecule is CC(C)(C)c1ccc(N2CC3(C2)CN(C(C)(C)C)C3)nc1. The quantitative estimate of drug-likeness (QED) is 0.790. The third-order valence-electron chi connectivity index (χ3n) is 4.99. The summed E-state index contributed by atoms with van der Waals surface area (Å²) < 4.78 is 0. The Bertz CT molecular complexity index is 505. The van der Waals surface area contributed by atoms with E-state index >= 15 is 0 Å². The van der Waals surface area contributed by atoms with Gasteiger partial charge in [-0.2, -0.15) is 0 Å². The first kappa shape index (κ1) is 14.8. The zero-order chi connectivity index (χ0) is 15.5. The third-order valence-corrected chi connectivity index (χ3v) is 4.99. The van der Waals surface area contributed by atoms with Gasteiger partial charge >= 0.3 is 0 Å². The van der Waals surface area contributed by atoms with E-state index in [9.17, 15) is 0 Å². The fourth-order valence-corrected chi connectivity index (χ4v) is 3.38. The summed E-state index contributed by atoms with van der Waals surface area (Å²) >= 11 is 0. The fourth-order valence-electron chi connectivity index (χ4n) is 3.38. The van der Waals surface area contributed by atoms with Crippen molar-refractivity contribution in [2.24, 2.45) is 5.41 Å². The first-order chi connectivity index (χ1) is 9.59. The van der Waals surface area contributed by atoms with Gasteiger partial charge in [-0.25, -0.2) is 4.98 Å². The van der Waals surface area contributed by atoms with Gasteiger partial charge in [-0.15, -0.1) is 0 Å². The van der Waals surface area contributed by atoms with Gasteiger partial charge in [-0.1, -0.05) is 26.8 Å². The Balaban J connectivity index is 1.58. The maximum Gasteiger partial charge on any atom is 0.128 e. The van der Waals surface area contributed by atoms with Crippen molar-refractivity contribution in [3.05, 3.63) is 23.9 Å². The van der Waals surface area contributed by atoms with Crippen LogP contribution >= 0.6 is 0 Å². The average Bonchev–Trinajstić information content (AvgIpc) is 2.22. The van der Waals surface area contributed by atoms with Crippen molar-refractivity contribution in [3.63, 3.8) is 0 Å². The molecule has 116 valence electrons. The maximum absolute atomic E-state index is 4.67. The molecule has 21 heavy (non-hydrogen) atoms. The van der Waals surface area contributed by atoms with Crippen LogP contribution in [-0.4, -0.2) is 41.6 Å². The van der Waals surface area contributed by atoms with Crippen molar-refractivity contribution in [2.45, 2.75) is 52.5 Å². The average molecular weight is 287 g/mol. The summed E-state index contributed by atoms with van der Waals surface area (Å²) in [6.07, 6.45) is 2.04. The van der Waals surface area contributed by atoms with E-state index in [1.165, 1.54) is 31.7 Å². The summed E-state index contributed by atoms with van der Waals surface area (Å²) in [5.41, 5.74) is 2.35. The Morgan fingerprint density at radius 3 is 2.00 bits per heavy atom. The Morgan fingerprint density at radius 1 is 0.952 bits per heavy atom. The number of likely N-dealkylation sites (tertiary alicyclic amines) is 1. The van der Waals surface area contributed by atoms with Crippen molar-refractivity contribution >= 4 is 5.82 Å². The normalized spacial score (nSPS) is 22.1. The molecule has 2 fully saturated rings. The summed E-state index contributed by atoms with van der Waals surface area (Å²) in [4.78, 5) is 9.68. The van der Waals surface area contributed by atoms with Gasteiger partial charge in [0.1, 0.15) is 5.82 Å². The second-order valence-electron chi connectivity index (χ2n) is 9.04. The van der Waals surface area contributed by atoms with E-state index in [0.717, 1.165) is 5.82 Å². The van der Waals surface area contributed by atoms with Crippen LogP contribution in [0.3, 0.4) is 0 Å². The number of rotatable bonds is 1. The first-order valence-corrected chi connectivity index (χ1v) is 8.06. The Kier molecular flexibility index (Phi) is 3.14. The molecule has 1 aromatic rings. The van der Waals surface area contributed by atoms with Crippen LogP contribution in [0.1, 0.15) is 47.1 Å². The second-order valence-corrected chi connectivity index (χ2v) is 9.04. The lowest BCUT2D eigenvalue weighted by Crippen LogP contribution is -2.75. The van der Waals surface area contributed by atoms with Gasteiger partial charge in [0.05, 0.1) is 0 Å². The van der Waals surface area contributed by atoms with E-state index in [1.54, 1.807) is 0 Å². The molecule has 0 saturated carbocycles. The van der Waals surface area contributed by atoms with Crippen LogP contribution in [0, 0.1) is 5.41 Å². The Morgan fingerprint density at radius 2 is 1.57 bits per heavy atom. The van der Waals surface area contributed by atoms with Gasteiger partial charge in [0.2, 0.25) is 0 Å². The minimum Gasteiger partial charge on any atom is -0.355 e. The summed E-state index contributed by atoms with van der Waals surface area (Å²) in [7, 11) is 0. The van der Waals surface area contributed by atoms with Gasteiger partial charge in [-0.05, 0) is 37.8 Å². The highest BCUT2D eigenvalue weighted by molar-refractivity contribution is 5.45. The standard InChI is InChI=1S/C18H29N3/c1-16(2,3)14-7-8-15(19-9-14)20-10-18(11-20)12-21(13-18)17(4,5)6/h7-9H,10-13H2,1-6H3. The molecule has 0 aliphatic carbocycles. The Labute approximate surface area is 129 Å². The number of aromatic nitrogens is 1. The van der Waals surface area contributed by atoms with E-state index < -0.39 is 0 Å². The van der Waals surface area contributed by atoms with Crippen molar-refractivity contribution in [1.29, 1.82) is 0 Å². The number of hydrogen-bond acceptors (Lipinski definition) is 3. The largest absolute Gasteiger partial charge is 0.355 e. The summed E-state index contributed by atoms with van der Waals surface area (Å²) in [6, 6.07) is 4.42. The molecule has 3 heteroatoms. The lowest BCUT2D eigenvalue weighted by molar-refractivity contribution is -0.0745. The molecule has 2 saturated heterocycles. The summed E-state index contributed by atoms with van der Waals surface area (Å²) in [6.45, 7) is 18.4. The number of nitrogens with zero attached hydrogens (tertiary/aromatic N) is 3. The molecule has 0 amide bonds. The van der Waals surface area contributed by atoms with Crippen LogP contribution < -0.4 is 4.90 Å². The maximum atomic E-state index is 4.67. The van der Waals surface area contributed by atoms with E-state index in [4.69, 9.17) is 0 Å². The summed E-state index contributed by atoms with van der Waals surface area (Å²) in [5, 5.41) is 0. The summed E-state index contributed by atoms with van der Waals surface area (Å²) in [5.74, 6) is 1.14. The zero-order valence-electron chi connectivity index (χ0n) is 14.4. The topological polar surface area (TPSA) is 19.4 Å². The molecule has 2 aliphatic heterocycles. The minimum atomic E-state index is 0.183. The molecular formula is C18H29N3. The lowest BCUT2D eigenvalue weighted by atomic mass is 9.71. The van der Waals surface area contributed by atoms with Crippen LogP contribution in [0.4, 0.5) is 5.82 Å². The number of hydrogen-bond donors (Lipinski definition) is 0. The molecule has 3 rings (SSSR count). The molecule has 3 heterocycles. The second kappa shape index (κ2) is 4.45. The van der Waals surface area contributed by atoms with Gasteiger partial charge in [0.15, 0.2) is 0 Å². The molecule has 0 atom stereocenters. The molecule has 0 unspecified atom stereocenters. The monoisotopic (exact) mass is 287 g/mol. The van der Waals surface area contributed by atoms with E-state index in [1.807, 2.05) is 6.20 Å². The highest BCUT2D eigenvalue weighted by atomic mass is 15.4. The number of pyridine rings is 1. The molecule has 0 N–H and O–H groups in total. The van der Waals surface area contributed by atoms with Crippen LogP contribution in [0.2, 0.25) is 0 Å². The molecule has 3 nitrogen and oxygen atoms in total. The van der Waals surface area contributed by atoms with Gasteiger partial charge in [0.25, 0.3) is 0 Å². The smallest absolute Gasteiger partial charge is 0.128 e. The van der Waals surface area contributed by atoms with E-state index in [2.05, 4.69) is 68.5 Å². The van der Waals surface area contributed by atoms with Crippen LogP contribution in [-0.2, 0) is 5.41 Å². The molecular weight excluding hydrogens is 258 g/mol. The lowest BCUT2D eigenvalue weighted by Gasteiger charge is -2.63. The number of anilines is 1. The van der Waals surface area contributed by atoms with E-state index in [0.29, 0.717) is 11.0 Å². The van der Waals surface area contributed by atoms with Gasteiger partial charge in [0, 0.05) is 43.3 Å². The molecule has 1 aromatic heterocycles. The first-order valence-electron chi connectivity index (χ1n) is 8.06. The predicted octanol–water partition coefficient (Wildman–Crippen LogP) is 3.30. The molecule has 0 bridgehead atoms. The van der Waals surface area contributed by atoms with Crippen molar-refractivity contribution in [3.8, 4) is 0 Å². The van der Waals surface area contributed by atoms with E-state index in [-0.39, 0.29) is 5.41 Å². The van der Waals surface area contributed by atoms with Gasteiger partial charge in [-0.3, -0.25) is 4.90 Å². The van der Waals surface area contributed by atoms with Crippen molar-refractivity contribution in [1.82, 2.24) is 9.88 Å².